The number of ketones is 1. The van der Waals surface area contributed by atoms with Crippen molar-refractivity contribution in [2.24, 2.45) is 18.7 Å². The van der Waals surface area contributed by atoms with Crippen molar-refractivity contribution in [1.82, 2.24) is 9.55 Å². The van der Waals surface area contributed by atoms with Gasteiger partial charge in [-0.2, -0.15) is 0 Å². The van der Waals surface area contributed by atoms with Crippen molar-refractivity contribution in [1.29, 1.82) is 0 Å². The molecule has 0 spiro atoms. The molecule has 0 radical (unpaired) electrons. The lowest BCUT2D eigenvalue weighted by Crippen LogP contribution is -2.36. The summed E-state index contributed by atoms with van der Waals surface area (Å²) in [6.45, 7) is 3.73. The smallest absolute Gasteiger partial charge is 0.152 e. The number of nitrogens with two attached hydrogens (primary N) is 1. The van der Waals surface area contributed by atoms with Gasteiger partial charge in [0.25, 0.3) is 0 Å². The van der Waals surface area contributed by atoms with Crippen LogP contribution in [0, 0.1) is 5.92 Å². The Bertz CT molecular complexity index is 317. The second-order valence-electron chi connectivity index (χ2n) is 3.86. The molecule has 4 nitrogen and oxygen atoms in total. The van der Waals surface area contributed by atoms with Crippen LogP contribution in [0.1, 0.15) is 19.5 Å². The van der Waals surface area contributed by atoms with E-state index < -0.39 is 6.04 Å². The Kier molecular flexibility index (Phi) is 3.41. The van der Waals surface area contributed by atoms with Gasteiger partial charge in [-0.25, -0.2) is 4.98 Å². The molecule has 78 valence electrons. The predicted octanol–water partition coefficient (Wildman–Crippen LogP) is 0.515. The Morgan fingerprint density at radius 3 is 2.71 bits per heavy atom. The fourth-order valence-electron chi connectivity index (χ4n) is 1.34. The summed E-state index contributed by atoms with van der Waals surface area (Å²) in [6, 6.07) is -0.412. The van der Waals surface area contributed by atoms with Crippen LogP contribution in [0.5, 0.6) is 0 Å². The Morgan fingerprint density at radius 1 is 1.64 bits per heavy atom. The molecule has 1 unspecified atom stereocenters. The first-order chi connectivity index (χ1) is 6.52. The van der Waals surface area contributed by atoms with Crippen molar-refractivity contribution in [2.45, 2.75) is 26.3 Å². The molecular weight excluding hydrogens is 178 g/mol. The van der Waals surface area contributed by atoms with Gasteiger partial charge in [0.1, 0.15) is 0 Å². The first-order valence-electron chi connectivity index (χ1n) is 4.77. The van der Waals surface area contributed by atoms with Crippen LogP contribution in [0.25, 0.3) is 0 Å². The average molecular weight is 195 g/mol. The van der Waals surface area contributed by atoms with E-state index in [2.05, 4.69) is 4.98 Å². The minimum absolute atomic E-state index is 0.00164. The largest absolute Gasteiger partial charge is 0.338 e. The van der Waals surface area contributed by atoms with Gasteiger partial charge in [0.05, 0.1) is 12.4 Å². The molecule has 0 fully saturated rings. The van der Waals surface area contributed by atoms with E-state index in [0.717, 1.165) is 5.69 Å². The van der Waals surface area contributed by atoms with Crippen molar-refractivity contribution in [3.05, 3.63) is 18.2 Å². The summed E-state index contributed by atoms with van der Waals surface area (Å²) in [4.78, 5) is 15.5. The van der Waals surface area contributed by atoms with E-state index in [1.54, 1.807) is 12.5 Å². The summed E-state index contributed by atoms with van der Waals surface area (Å²) in [5, 5.41) is 0. The summed E-state index contributed by atoms with van der Waals surface area (Å²) in [5.74, 6) is 0.101. The normalized spacial score (nSPS) is 13.2. The zero-order chi connectivity index (χ0) is 10.7. The molecule has 0 saturated carbocycles. The zero-order valence-corrected chi connectivity index (χ0v) is 8.90. The van der Waals surface area contributed by atoms with Crippen LogP contribution < -0.4 is 5.73 Å². The van der Waals surface area contributed by atoms with Gasteiger partial charge in [0.15, 0.2) is 5.78 Å². The minimum Gasteiger partial charge on any atom is -0.338 e. The number of rotatable bonds is 4. The molecule has 0 saturated heterocycles. The second kappa shape index (κ2) is 4.37. The quantitative estimate of drug-likeness (QED) is 0.761. The van der Waals surface area contributed by atoms with Crippen LogP contribution in [-0.4, -0.2) is 21.4 Å². The van der Waals surface area contributed by atoms with Crippen LogP contribution in [0.15, 0.2) is 12.5 Å². The summed E-state index contributed by atoms with van der Waals surface area (Å²) < 4.78 is 1.88. The van der Waals surface area contributed by atoms with Gasteiger partial charge in [-0.3, -0.25) is 4.79 Å². The van der Waals surface area contributed by atoms with Crippen molar-refractivity contribution in [3.8, 4) is 0 Å². The third kappa shape index (κ3) is 2.42. The highest BCUT2D eigenvalue weighted by atomic mass is 16.1. The standard InChI is InChI=1S/C10H17N3O/c1-7(2)10(14)9(11)4-8-5-12-6-13(8)3/h5-7,9H,4,11H2,1-3H3. The predicted molar refractivity (Wildman–Crippen MR) is 54.7 cm³/mol. The lowest BCUT2D eigenvalue weighted by atomic mass is 9.99. The molecule has 4 heteroatoms. The second-order valence-corrected chi connectivity index (χ2v) is 3.86. The van der Waals surface area contributed by atoms with E-state index in [1.807, 2.05) is 25.5 Å². The molecule has 0 aromatic carbocycles. The number of aromatic nitrogens is 2. The maximum atomic E-state index is 11.5. The summed E-state index contributed by atoms with van der Waals surface area (Å²) in [6.07, 6.45) is 4.02. The van der Waals surface area contributed by atoms with Gasteiger partial charge < -0.3 is 10.3 Å². The monoisotopic (exact) mass is 195 g/mol. The first kappa shape index (κ1) is 10.9. The fraction of sp³-hybridized carbons (Fsp3) is 0.600. The molecule has 0 amide bonds. The molecule has 0 aliphatic carbocycles. The van der Waals surface area contributed by atoms with Crippen molar-refractivity contribution < 1.29 is 4.79 Å². The zero-order valence-electron chi connectivity index (χ0n) is 8.90. The summed E-state index contributed by atoms with van der Waals surface area (Å²) in [5.41, 5.74) is 6.78. The molecule has 1 atom stereocenters. The first-order valence-corrected chi connectivity index (χ1v) is 4.77. The Hall–Kier alpha value is -1.16. The highest BCUT2D eigenvalue weighted by molar-refractivity contribution is 5.85. The van der Waals surface area contributed by atoms with Crippen LogP contribution >= 0.6 is 0 Å². The number of imidazole rings is 1. The van der Waals surface area contributed by atoms with Gasteiger partial charge in [0, 0.05) is 31.3 Å². The van der Waals surface area contributed by atoms with Crippen LogP contribution in [-0.2, 0) is 18.3 Å². The highest BCUT2D eigenvalue weighted by Crippen LogP contribution is 2.05. The molecule has 1 aromatic rings. The number of hydrogen-bond donors (Lipinski definition) is 1. The Labute approximate surface area is 84.1 Å². The minimum atomic E-state index is -0.412. The molecule has 0 aliphatic heterocycles. The number of Topliss-reactive ketones (excluding diaryl/α,β-unsaturated/α-hetero) is 1. The molecule has 1 heterocycles. The van der Waals surface area contributed by atoms with Crippen molar-refractivity contribution >= 4 is 5.78 Å². The number of aryl methyl sites for hydroxylation is 1. The lowest BCUT2D eigenvalue weighted by Gasteiger charge is -2.12. The van der Waals surface area contributed by atoms with Crippen LogP contribution in [0.4, 0.5) is 0 Å². The number of nitrogens with zero attached hydrogens (tertiary/aromatic N) is 2. The maximum Gasteiger partial charge on any atom is 0.152 e. The van der Waals surface area contributed by atoms with Gasteiger partial charge in [-0.1, -0.05) is 13.8 Å². The Balaban J connectivity index is 2.62. The molecular formula is C10H17N3O. The average Bonchev–Trinajstić information content (AvgIpc) is 2.50. The van der Waals surface area contributed by atoms with Crippen molar-refractivity contribution in [3.63, 3.8) is 0 Å². The van der Waals surface area contributed by atoms with E-state index in [1.165, 1.54) is 0 Å². The number of carbonyl (C=O) groups is 1. The molecule has 1 aromatic heterocycles. The third-order valence-electron chi connectivity index (χ3n) is 2.28. The SMILES string of the molecule is CC(C)C(=O)C(N)Cc1cncn1C. The van der Waals surface area contributed by atoms with Gasteiger partial charge >= 0.3 is 0 Å². The van der Waals surface area contributed by atoms with Gasteiger partial charge in [-0.15, -0.1) is 0 Å². The highest BCUT2D eigenvalue weighted by Gasteiger charge is 2.18. The van der Waals surface area contributed by atoms with Gasteiger partial charge in [0.2, 0.25) is 0 Å². The van der Waals surface area contributed by atoms with Crippen LogP contribution in [0.2, 0.25) is 0 Å². The van der Waals surface area contributed by atoms with E-state index in [-0.39, 0.29) is 11.7 Å². The number of hydrogen-bond acceptors (Lipinski definition) is 3. The topological polar surface area (TPSA) is 60.9 Å². The summed E-state index contributed by atoms with van der Waals surface area (Å²) >= 11 is 0. The number of carbonyl (C=O) groups excluding carboxylic acids is 1. The third-order valence-corrected chi connectivity index (χ3v) is 2.28. The summed E-state index contributed by atoms with van der Waals surface area (Å²) in [7, 11) is 1.90. The van der Waals surface area contributed by atoms with E-state index in [0.29, 0.717) is 6.42 Å². The lowest BCUT2D eigenvalue weighted by molar-refractivity contribution is -0.123. The maximum absolute atomic E-state index is 11.5. The molecule has 0 bridgehead atoms. The Morgan fingerprint density at radius 2 is 2.29 bits per heavy atom. The van der Waals surface area contributed by atoms with Gasteiger partial charge in [-0.05, 0) is 0 Å². The molecule has 0 aliphatic rings. The fourth-order valence-corrected chi connectivity index (χ4v) is 1.34. The molecule has 14 heavy (non-hydrogen) atoms. The van der Waals surface area contributed by atoms with E-state index in [4.69, 9.17) is 5.73 Å². The van der Waals surface area contributed by atoms with Crippen molar-refractivity contribution in [2.75, 3.05) is 0 Å². The molecule has 2 N–H and O–H groups in total. The van der Waals surface area contributed by atoms with Crippen LogP contribution in [0.3, 0.4) is 0 Å². The van der Waals surface area contributed by atoms with E-state index in [9.17, 15) is 4.79 Å². The molecule has 1 rings (SSSR count). The van der Waals surface area contributed by atoms with E-state index >= 15 is 0 Å².